The van der Waals surface area contributed by atoms with E-state index >= 15 is 0 Å². The molecule has 0 aromatic heterocycles. The van der Waals surface area contributed by atoms with Crippen LogP contribution in [0, 0.1) is 0 Å². The van der Waals surface area contributed by atoms with Crippen molar-refractivity contribution >= 4 is 12.4 Å². The highest BCUT2D eigenvalue weighted by molar-refractivity contribution is 5.85. The van der Waals surface area contributed by atoms with Crippen molar-refractivity contribution in [1.29, 1.82) is 0 Å². The molecule has 2 unspecified atom stereocenters. The minimum atomic E-state index is 0.0375. The Morgan fingerprint density at radius 1 is 0.448 bits per heavy atom. The zero-order valence-electron chi connectivity index (χ0n) is 37.4. The van der Waals surface area contributed by atoms with Gasteiger partial charge in [-0.05, 0) is 49.9 Å². The molecule has 0 heterocycles. The quantitative estimate of drug-likeness (QED) is 0.0531. The summed E-state index contributed by atoms with van der Waals surface area (Å²) in [6, 6.07) is 11.1. The number of unbranched alkanes of at least 4 members (excludes halogenated alkanes) is 26. The Morgan fingerprint density at radius 2 is 0.741 bits per heavy atom. The summed E-state index contributed by atoms with van der Waals surface area (Å²) in [5.41, 5.74) is 1.39. The lowest BCUT2D eigenvalue weighted by Crippen LogP contribution is -2.27. The van der Waals surface area contributed by atoms with E-state index in [-0.39, 0.29) is 23.6 Å². The lowest BCUT2D eigenvalue weighted by Gasteiger charge is -2.25. The van der Waals surface area contributed by atoms with Crippen molar-refractivity contribution in [3.05, 3.63) is 47.5 Å². The zero-order valence-corrected chi connectivity index (χ0v) is 37.4. The van der Waals surface area contributed by atoms with Crippen LogP contribution >= 0.6 is 0 Å². The molecule has 1 aliphatic carbocycles. The SMILES string of the molecule is CCCCCCCCCCCCCCCCOc1ccc(C=NC2CCCCC2N=Cc2ccc(OCCCCCCCCCCCCCCCC)cc2O)c(O)c1. The third-order valence-corrected chi connectivity index (χ3v) is 12.0. The summed E-state index contributed by atoms with van der Waals surface area (Å²) in [5.74, 6) is 1.79. The molecule has 0 bridgehead atoms. The lowest BCUT2D eigenvalue weighted by atomic mass is 9.91. The first-order valence-electron chi connectivity index (χ1n) is 24.6. The first-order valence-corrected chi connectivity index (χ1v) is 24.6. The third kappa shape index (κ3) is 23.5. The highest BCUT2D eigenvalue weighted by atomic mass is 16.5. The van der Waals surface area contributed by atoms with Crippen molar-refractivity contribution in [1.82, 2.24) is 0 Å². The number of rotatable bonds is 36. The largest absolute Gasteiger partial charge is 0.507 e. The van der Waals surface area contributed by atoms with Crippen molar-refractivity contribution < 1.29 is 19.7 Å². The summed E-state index contributed by atoms with van der Waals surface area (Å²) in [7, 11) is 0. The minimum Gasteiger partial charge on any atom is -0.507 e. The van der Waals surface area contributed by atoms with Crippen LogP contribution in [0.1, 0.15) is 230 Å². The molecule has 1 fully saturated rings. The van der Waals surface area contributed by atoms with Crippen molar-refractivity contribution in [2.45, 2.75) is 231 Å². The molecule has 2 N–H and O–H groups in total. The molecule has 58 heavy (non-hydrogen) atoms. The van der Waals surface area contributed by atoms with E-state index in [0.717, 1.165) is 38.5 Å². The summed E-state index contributed by atoms with van der Waals surface area (Å²) in [6.45, 7) is 5.92. The van der Waals surface area contributed by atoms with Crippen LogP contribution in [0.4, 0.5) is 0 Å². The molecule has 2 atom stereocenters. The Bertz CT molecular complexity index is 1240. The lowest BCUT2D eigenvalue weighted by molar-refractivity contribution is 0.302. The Morgan fingerprint density at radius 3 is 1.03 bits per heavy atom. The van der Waals surface area contributed by atoms with Gasteiger partial charge in [0, 0.05) is 35.7 Å². The summed E-state index contributed by atoms with van der Waals surface area (Å²) in [5, 5.41) is 21.5. The van der Waals surface area contributed by atoms with E-state index in [1.54, 1.807) is 24.6 Å². The number of aromatic hydroxyl groups is 2. The van der Waals surface area contributed by atoms with Crippen LogP contribution in [0.15, 0.2) is 46.4 Å². The number of hydrogen-bond acceptors (Lipinski definition) is 6. The van der Waals surface area contributed by atoms with E-state index in [1.165, 1.54) is 167 Å². The Labute approximate surface area is 356 Å². The number of phenols is 2. The molecule has 1 aliphatic rings. The number of ether oxygens (including phenoxy) is 2. The molecule has 6 nitrogen and oxygen atoms in total. The number of aliphatic imine (C=N–C) groups is 2. The molecule has 328 valence electrons. The second-order valence-electron chi connectivity index (χ2n) is 17.3. The van der Waals surface area contributed by atoms with Gasteiger partial charge in [0.25, 0.3) is 0 Å². The first kappa shape index (κ1) is 49.3. The molecule has 2 aromatic rings. The van der Waals surface area contributed by atoms with Gasteiger partial charge in [-0.25, -0.2) is 0 Å². The maximum absolute atomic E-state index is 10.7. The average molecular weight is 803 g/mol. The molecule has 3 rings (SSSR count). The number of nitrogens with zero attached hydrogens (tertiary/aromatic N) is 2. The van der Waals surface area contributed by atoms with Gasteiger partial charge >= 0.3 is 0 Å². The third-order valence-electron chi connectivity index (χ3n) is 12.0. The molecule has 0 radical (unpaired) electrons. The Balaban J connectivity index is 1.27. The van der Waals surface area contributed by atoms with Crippen molar-refractivity contribution in [2.24, 2.45) is 9.98 Å². The van der Waals surface area contributed by atoms with E-state index < -0.39 is 0 Å². The molecule has 6 heteroatoms. The zero-order chi connectivity index (χ0) is 41.1. The van der Waals surface area contributed by atoms with E-state index in [0.29, 0.717) is 35.8 Å². The van der Waals surface area contributed by atoms with Crippen molar-refractivity contribution in [3.63, 3.8) is 0 Å². The molecule has 2 aromatic carbocycles. The van der Waals surface area contributed by atoms with Gasteiger partial charge in [-0.1, -0.05) is 194 Å². The molecule has 0 aliphatic heterocycles. The highest BCUT2D eigenvalue weighted by Crippen LogP contribution is 2.28. The van der Waals surface area contributed by atoms with Crippen LogP contribution in [0.2, 0.25) is 0 Å². The maximum Gasteiger partial charge on any atom is 0.128 e. The normalized spacial score (nSPS) is 15.8. The molecule has 0 saturated heterocycles. The number of hydrogen-bond donors (Lipinski definition) is 2. The predicted octanol–water partition coefficient (Wildman–Crippen LogP) is 15.7. The molecule has 0 amide bonds. The van der Waals surface area contributed by atoms with E-state index in [4.69, 9.17) is 19.5 Å². The van der Waals surface area contributed by atoms with Crippen molar-refractivity contribution in [2.75, 3.05) is 13.2 Å². The number of phenolic OH excluding ortho intramolecular Hbond substituents is 2. The van der Waals surface area contributed by atoms with Crippen LogP contribution in [0.25, 0.3) is 0 Å². The van der Waals surface area contributed by atoms with Crippen LogP contribution in [-0.2, 0) is 0 Å². The first-order chi connectivity index (χ1) is 28.6. The van der Waals surface area contributed by atoms with Gasteiger partial charge in [-0.2, -0.15) is 0 Å². The summed E-state index contributed by atoms with van der Waals surface area (Å²) in [6.07, 6.45) is 45.3. The van der Waals surface area contributed by atoms with Gasteiger partial charge in [0.1, 0.15) is 23.0 Å². The fraction of sp³-hybridized carbons (Fsp3) is 0.731. The molecular formula is C52H86N2O4. The minimum absolute atomic E-state index is 0.0375. The van der Waals surface area contributed by atoms with E-state index in [1.807, 2.05) is 24.3 Å². The van der Waals surface area contributed by atoms with E-state index in [9.17, 15) is 10.2 Å². The fourth-order valence-electron chi connectivity index (χ4n) is 8.21. The smallest absolute Gasteiger partial charge is 0.128 e. The summed E-state index contributed by atoms with van der Waals surface area (Å²) in [4.78, 5) is 9.78. The predicted molar refractivity (Wildman–Crippen MR) is 249 cm³/mol. The van der Waals surface area contributed by atoms with Crippen molar-refractivity contribution in [3.8, 4) is 23.0 Å². The monoisotopic (exact) mass is 803 g/mol. The summed E-state index contributed by atoms with van der Waals surface area (Å²) >= 11 is 0. The Kier molecular flexibility index (Phi) is 28.7. The second-order valence-corrected chi connectivity index (χ2v) is 17.3. The molecule has 1 saturated carbocycles. The van der Waals surface area contributed by atoms with Crippen LogP contribution in [-0.4, -0.2) is 47.9 Å². The number of benzene rings is 2. The van der Waals surface area contributed by atoms with Gasteiger partial charge in [0.05, 0.1) is 25.3 Å². The summed E-state index contributed by atoms with van der Waals surface area (Å²) < 4.78 is 11.9. The van der Waals surface area contributed by atoms with E-state index in [2.05, 4.69) is 13.8 Å². The fourth-order valence-corrected chi connectivity index (χ4v) is 8.21. The van der Waals surface area contributed by atoms with Gasteiger partial charge < -0.3 is 19.7 Å². The second kappa shape index (κ2) is 33.8. The average Bonchev–Trinajstić information content (AvgIpc) is 3.23. The standard InChI is InChI=1S/C52H86N2O4/c1-3-5-7-9-11-13-15-17-19-21-23-25-27-31-39-57-47-37-35-45(51(55)41-47)43-53-49-33-29-30-34-50(49)54-44-46-36-38-48(42-52(46)56)58-40-32-28-26-24-22-20-18-16-14-12-10-8-6-4-2/h35-38,41-44,49-50,55-56H,3-34,39-40H2,1-2H3. The van der Waals surface area contributed by atoms with Crippen LogP contribution < -0.4 is 9.47 Å². The Hall–Kier alpha value is -3.02. The maximum atomic E-state index is 10.7. The molecular weight excluding hydrogens is 717 g/mol. The van der Waals surface area contributed by atoms with Gasteiger partial charge in [0.15, 0.2) is 0 Å². The van der Waals surface area contributed by atoms with Gasteiger partial charge in [-0.15, -0.1) is 0 Å². The van der Waals surface area contributed by atoms with Crippen LogP contribution in [0.3, 0.4) is 0 Å². The van der Waals surface area contributed by atoms with Crippen LogP contribution in [0.5, 0.6) is 23.0 Å². The van der Waals surface area contributed by atoms with Gasteiger partial charge in [-0.3, -0.25) is 9.98 Å². The van der Waals surface area contributed by atoms with Gasteiger partial charge in [0.2, 0.25) is 0 Å². The molecule has 0 spiro atoms. The highest BCUT2D eigenvalue weighted by Gasteiger charge is 2.23. The topological polar surface area (TPSA) is 83.6 Å².